The molecule has 0 spiro atoms. The first-order valence-corrected chi connectivity index (χ1v) is 8.13. The lowest BCUT2D eigenvalue weighted by Crippen LogP contribution is -1.99. The van der Waals surface area contributed by atoms with Crippen LogP contribution in [0.5, 0.6) is 11.6 Å². The van der Waals surface area contributed by atoms with Gasteiger partial charge in [0.2, 0.25) is 5.88 Å². The van der Waals surface area contributed by atoms with Crippen LogP contribution in [0.15, 0.2) is 30.6 Å². The first kappa shape index (κ1) is 12.8. The van der Waals surface area contributed by atoms with E-state index < -0.39 is 0 Å². The monoisotopic (exact) mass is 296 g/mol. The Hall–Kier alpha value is -1.94. The summed E-state index contributed by atoms with van der Waals surface area (Å²) in [4.78, 5) is 11.3. The zero-order valence-corrected chi connectivity index (χ0v) is 12.7. The minimum Gasteiger partial charge on any atom is -0.438 e. The second-order valence-electron chi connectivity index (χ2n) is 5.48. The zero-order chi connectivity index (χ0) is 14.2. The topological polar surface area (TPSA) is 35.0 Å². The maximum Gasteiger partial charge on any atom is 0.231 e. The summed E-state index contributed by atoms with van der Waals surface area (Å²) in [5.74, 6) is 1.53. The van der Waals surface area contributed by atoms with Gasteiger partial charge in [0, 0.05) is 4.88 Å². The molecule has 0 aliphatic heterocycles. The van der Waals surface area contributed by atoms with Crippen molar-refractivity contribution in [3.63, 3.8) is 0 Å². The third-order valence-electron chi connectivity index (χ3n) is 3.95. The molecule has 0 radical (unpaired) electrons. The fourth-order valence-electron chi connectivity index (χ4n) is 2.86. The summed E-state index contributed by atoms with van der Waals surface area (Å²) >= 11 is 1.80. The van der Waals surface area contributed by atoms with Crippen LogP contribution in [-0.2, 0) is 12.8 Å². The molecule has 2 aromatic heterocycles. The summed E-state index contributed by atoms with van der Waals surface area (Å²) in [7, 11) is 0. The highest BCUT2D eigenvalue weighted by atomic mass is 32.1. The van der Waals surface area contributed by atoms with Crippen LogP contribution in [0.3, 0.4) is 0 Å². The largest absolute Gasteiger partial charge is 0.438 e. The van der Waals surface area contributed by atoms with E-state index in [2.05, 4.69) is 29.0 Å². The third kappa shape index (κ3) is 2.29. The molecule has 4 heteroatoms. The molecular weight excluding hydrogens is 280 g/mol. The number of aryl methyl sites for hydroxylation is 3. The van der Waals surface area contributed by atoms with Gasteiger partial charge in [0.1, 0.15) is 16.9 Å². The Morgan fingerprint density at radius 1 is 1.05 bits per heavy atom. The van der Waals surface area contributed by atoms with Crippen molar-refractivity contribution < 1.29 is 4.74 Å². The van der Waals surface area contributed by atoms with Gasteiger partial charge in [-0.25, -0.2) is 9.97 Å². The van der Waals surface area contributed by atoms with Crippen molar-refractivity contribution in [1.29, 1.82) is 0 Å². The number of ether oxygens (including phenoxy) is 1. The number of nitrogens with zero attached hydrogens (tertiary/aromatic N) is 2. The van der Waals surface area contributed by atoms with Crippen molar-refractivity contribution in [1.82, 2.24) is 9.97 Å². The number of hydrogen-bond acceptors (Lipinski definition) is 4. The van der Waals surface area contributed by atoms with Crippen LogP contribution in [0, 0.1) is 6.92 Å². The summed E-state index contributed by atoms with van der Waals surface area (Å²) in [6, 6.07) is 8.08. The number of fused-ring (bicyclic) bond motifs is 3. The van der Waals surface area contributed by atoms with Crippen molar-refractivity contribution in [2.45, 2.75) is 32.6 Å². The van der Waals surface area contributed by atoms with Crippen LogP contribution in [0.4, 0.5) is 0 Å². The highest BCUT2D eigenvalue weighted by Gasteiger charge is 2.20. The number of aromatic nitrogens is 2. The highest BCUT2D eigenvalue weighted by molar-refractivity contribution is 7.18. The van der Waals surface area contributed by atoms with Crippen molar-refractivity contribution in [2.24, 2.45) is 0 Å². The molecule has 4 rings (SSSR count). The average molecular weight is 296 g/mol. The molecule has 0 unspecified atom stereocenters. The molecule has 3 nitrogen and oxygen atoms in total. The standard InChI is InChI=1S/C17H16N2OS/c1-11-6-8-12(9-7-11)20-16-15-13-4-2-3-5-14(13)21-17(15)19-10-18-16/h6-10H,2-5H2,1H3. The predicted molar refractivity (Wildman–Crippen MR) is 85.3 cm³/mol. The van der Waals surface area contributed by atoms with Gasteiger partial charge in [0.25, 0.3) is 0 Å². The fourth-order valence-corrected chi connectivity index (χ4v) is 4.08. The van der Waals surface area contributed by atoms with E-state index in [1.54, 1.807) is 17.7 Å². The van der Waals surface area contributed by atoms with Gasteiger partial charge in [0.05, 0.1) is 5.39 Å². The van der Waals surface area contributed by atoms with Crippen molar-refractivity contribution in [2.75, 3.05) is 0 Å². The molecule has 106 valence electrons. The SMILES string of the molecule is Cc1ccc(Oc2ncnc3sc4c(c23)CCCC4)cc1. The van der Waals surface area contributed by atoms with E-state index >= 15 is 0 Å². The molecular formula is C17H16N2OS. The van der Waals surface area contributed by atoms with E-state index in [0.29, 0.717) is 5.88 Å². The van der Waals surface area contributed by atoms with Gasteiger partial charge in [-0.2, -0.15) is 0 Å². The molecule has 21 heavy (non-hydrogen) atoms. The maximum absolute atomic E-state index is 6.03. The molecule has 0 saturated heterocycles. The molecule has 1 aliphatic rings. The quantitative estimate of drug-likeness (QED) is 0.689. The minimum absolute atomic E-state index is 0.697. The molecule has 0 bridgehead atoms. The second-order valence-corrected chi connectivity index (χ2v) is 6.57. The molecule has 3 aromatic rings. The number of benzene rings is 1. The molecule has 1 aliphatic carbocycles. The van der Waals surface area contributed by atoms with E-state index in [1.807, 2.05) is 12.1 Å². The number of rotatable bonds is 2. The molecule has 0 atom stereocenters. The maximum atomic E-state index is 6.03. The fraction of sp³-hybridized carbons (Fsp3) is 0.294. The normalized spacial score (nSPS) is 14.1. The van der Waals surface area contributed by atoms with E-state index in [-0.39, 0.29) is 0 Å². The van der Waals surface area contributed by atoms with Gasteiger partial charge < -0.3 is 4.74 Å². The van der Waals surface area contributed by atoms with Gasteiger partial charge >= 0.3 is 0 Å². The Balaban J connectivity index is 1.81. The van der Waals surface area contributed by atoms with Crippen molar-refractivity contribution >= 4 is 21.6 Å². The van der Waals surface area contributed by atoms with Gasteiger partial charge in [-0.05, 0) is 50.3 Å². The molecule has 0 saturated carbocycles. The van der Waals surface area contributed by atoms with Crippen LogP contribution in [0.2, 0.25) is 0 Å². The molecule has 1 aromatic carbocycles. The van der Waals surface area contributed by atoms with Gasteiger partial charge in [-0.3, -0.25) is 0 Å². The Kier molecular flexibility index (Phi) is 3.11. The van der Waals surface area contributed by atoms with Crippen molar-refractivity contribution in [3.05, 3.63) is 46.6 Å². The summed E-state index contributed by atoms with van der Waals surface area (Å²) in [6.45, 7) is 2.07. The Morgan fingerprint density at radius 3 is 2.71 bits per heavy atom. The molecule has 0 N–H and O–H groups in total. The Bertz CT molecular complexity index is 792. The van der Waals surface area contributed by atoms with Crippen LogP contribution in [0.1, 0.15) is 28.8 Å². The van der Waals surface area contributed by atoms with Gasteiger partial charge in [-0.1, -0.05) is 17.7 Å². The summed E-state index contributed by atoms with van der Waals surface area (Å²) in [5, 5.41) is 1.12. The van der Waals surface area contributed by atoms with E-state index in [1.165, 1.54) is 35.3 Å². The van der Waals surface area contributed by atoms with Crippen LogP contribution in [0.25, 0.3) is 10.2 Å². The first-order chi connectivity index (χ1) is 10.3. The molecule has 2 heterocycles. The second kappa shape index (κ2) is 5.11. The summed E-state index contributed by atoms with van der Waals surface area (Å²) in [6.07, 6.45) is 6.42. The van der Waals surface area contributed by atoms with Crippen molar-refractivity contribution in [3.8, 4) is 11.6 Å². The molecule has 0 fully saturated rings. The van der Waals surface area contributed by atoms with E-state index in [9.17, 15) is 0 Å². The lowest BCUT2D eigenvalue weighted by atomic mass is 9.97. The average Bonchev–Trinajstić information content (AvgIpc) is 2.89. The van der Waals surface area contributed by atoms with Gasteiger partial charge in [-0.15, -0.1) is 11.3 Å². The molecule has 0 amide bonds. The Labute approximate surface area is 127 Å². The number of hydrogen-bond donors (Lipinski definition) is 0. The minimum atomic E-state index is 0.697. The summed E-state index contributed by atoms with van der Waals surface area (Å²) in [5.41, 5.74) is 2.63. The van der Waals surface area contributed by atoms with E-state index in [4.69, 9.17) is 4.74 Å². The van der Waals surface area contributed by atoms with E-state index in [0.717, 1.165) is 22.4 Å². The van der Waals surface area contributed by atoms with Crippen LogP contribution in [-0.4, -0.2) is 9.97 Å². The third-order valence-corrected chi connectivity index (χ3v) is 5.15. The predicted octanol–water partition coefficient (Wildman–Crippen LogP) is 4.67. The summed E-state index contributed by atoms with van der Waals surface area (Å²) < 4.78 is 6.03. The lowest BCUT2D eigenvalue weighted by Gasteiger charge is -2.12. The lowest BCUT2D eigenvalue weighted by molar-refractivity contribution is 0.467. The Morgan fingerprint density at radius 2 is 1.86 bits per heavy atom. The smallest absolute Gasteiger partial charge is 0.231 e. The highest BCUT2D eigenvalue weighted by Crippen LogP contribution is 2.40. The first-order valence-electron chi connectivity index (χ1n) is 7.31. The van der Waals surface area contributed by atoms with Crippen LogP contribution < -0.4 is 4.74 Å². The number of thiophene rings is 1. The zero-order valence-electron chi connectivity index (χ0n) is 11.9. The van der Waals surface area contributed by atoms with Crippen LogP contribution >= 0.6 is 11.3 Å². The van der Waals surface area contributed by atoms with Gasteiger partial charge in [0.15, 0.2) is 0 Å².